The Balaban J connectivity index is 1.61. The summed E-state index contributed by atoms with van der Waals surface area (Å²) in [7, 11) is 1.49. The average Bonchev–Trinajstić information content (AvgIpc) is 3.24. The fraction of sp³-hybridized carbons (Fsp3) is 0.143. The molecule has 3 aromatic heterocycles. The number of hydrogen-bond donors (Lipinski definition) is 3. The Hall–Kier alpha value is -4.34. The van der Waals surface area contributed by atoms with Crippen molar-refractivity contribution in [2.24, 2.45) is 0 Å². The van der Waals surface area contributed by atoms with Crippen LogP contribution in [0.4, 0.5) is 17.3 Å². The molecule has 0 saturated heterocycles. The van der Waals surface area contributed by atoms with Gasteiger partial charge in [0.05, 0.1) is 19.0 Å². The van der Waals surface area contributed by atoms with Crippen LogP contribution in [0.5, 0.6) is 6.01 Å². The highest BCUT2D eigenvalue weighted by atomic mass is 16.5. The zero-order chi connectivity index (χ0) is 22.0. The molecule has 0 aliphatic carbocycles. The Kier molecular flexibility index (Phi) is 5.27. The highest BCUT2D eigenvalue weighted by Crippen LogP contribution is 2.25. The van der Waals surface area contributed by atoms with Crippen molar-refractivity contribution in [3.05, 3.63) is 60.2 Å². The van der Waals surface area contributed by atoms with E-state index in [-0.39, 0.29) is 11.9 Å². The van der Waals surface area contributed by atoms with E-state index in [0.717, 1.165) is 11.1 Å². The predicted molar refractivity (Wildman–Crippen MR) is 117 cm³/mol. The van der Waals surface area contributed by atoms with Gasteiger partial charge in [-0.2, -0.15) is 10.1 Å². The van der Waals surface area contributed by atoms with Crippen LogP contribution in [0, 0.1) is 6.92 Å². The first kappa shape index (κ1) is 20.0. The molecule has 0 aliphatic rings. The van der Waals surface area contributed by atoms with E-state index in [1.54, 1.807) is 24.4 Å². The van der Waals surface area contributed by atoms with E-state index >= 15 is 0 Å². The van der Waals surface area contributed by atoms with Gasteiger partial charge >= 0.3 is 6.01 Å². The fourth-order valence-electron chi connectivity index (χ4n) is 2.85. The second-order valence-electron chi connectivity index (χ2n) is 6.87. The zero-order valence-corrected chi connectivity index (χ0v) is 17.2. The number of H-pyrrole nitrogens is 1. The van der Waals surface area contributed by atoms with Crippen molar-refractivity contribution in [1.82, 2.24) is 30.1 Å². The van der Waals surface area contributed by atoms with Crippen molar-refractivity contribution in [3.63, 3.8) is 0 Å². The van der Waals surface area contributed by atoms with Crippen LogP contribution < -0.4 is 15.4 Å². The molecule has 0 bridgehead atoms. The monoisotopic (exact) mass is 416 g/mol. The van der Waals surface area contributed by atoms with Gasteiger partial charge in [-0.1, -0.05) is 12.6 Å². The number of aromatic amines is 1. The van der Waals surface area contributed by atoms with Gasteiger partial charge in [-0.25, -0.2) is 15.0 Å². The fourth-order valence-corrected chi connectivity index (χ4v) is 2.85. The highest BCUT2D eigenvalue weighted by molar-refractivity contribution is 6.04. The molecule has 0 aliphatic heterocycles. The lowest BCUT2D eigenvalue weighted by Crippen LogP contribution is -2.12. The number of anilines is 3. The third-order valence-electron chi connectivity index (χ3n) is 4.55. The number of rotatable bonds is 6. The molecule has 0 fully saturated rings. The Bertz CT molecular complexity index is 1300. The van der Waals surface area contributed by atoms with Crippen molar-refractivity contribution >= 4 is 39.8 Å². The van der Waals surface area contributed by atoms with Crippen LogP contribution in [-0.2, 0) is 0 Å². The highest BCUT2D eigenvalue weighted by Gasteiger charge is 2.13. The summed E-state index contributed by atoms with van der Waals surface area (Å²) in [5.41, 5.74) is 4.66. The normalized spacial score (nSPS) is 10.7. The Labute approximate surface area is 177 Å². The van der Waals surface area contributed by atoms with Gasteiger partial charge < -0.3 is 15.4 Å². The summed E-state index contributed by atoms with van der Waals surface area (Å²) in [5, 5.41) is 12.9. The predicted octanol–water partition coefficient (Wildman–Crippen LogP) is 3.49. The van der Waals surface area contributed by atoms with Crippen LogP contribution in [-0.4, -0.2) is 43.2 Å². The SMILES string of the molecule is C=C(C)c1cc(NC(=O)c2ccc(C)c(Nc3ncnc4cnc(OC)nc34)c2)[nH]n1. The molecular formula is C21H20N8O2. The minimum atomic E-state index is -0.281. The molecule has 31 heavy (non-hydrogen) atoms. The number of methoxy groups -OCH3 is 1. The number of carbonyl (C=O) groups excluding carboxylic acids is 1. The molecule has 4 aromatic rings. The van der Waals surface area contributed by atoms with Crippen LogP contribution in [0.3, 0.4) is 0 Å². The molecular weight excluding hydrogens is 396 g/mol. The molecule has 3 heterocycles. The molecule has 10 heteroatoms. The number of benzene rings is 1. The lowest BCUT2D eigenvalue weighted by atomic mass is 10.1. The number of aryl methyl sites for hydroxylation is 1. The second-order valence-corrected chi connectivity index (χ2v) is 6.87. The maximum atomic E-state index is 12.7. The van der Waals surface area contributed by atoms with E-state index in [1.807, 2.05) is 19.9 Å². The van der Waals surface area contributed by atoms with E-state index in [9.17, 15) is 4.79 Å². The third kappa shape index (κ3) is 4.17. The number of carbonyl (C=O) groups is 1. The summed E-state index contributed by atoms with van der Waals surface area (Å²) in [6, 6.07) is 7.28. The second kappa shape index (κ2) is 8.19. The largest absolute Gasteiger partial charge is 0.467 e. The number of amides is 1. The van der Waals surface area contributed by atoms with Crippen LogP contribution in [0.2, 0.25) is 0 Å². The van der Waals surface area contributed by atoms with Crippen LogP contribution in [0.25, 0.3) is 16.6 Å². The summed E-state index contributed by atoms with van der Waals surface area (Å²) in [6.45, 7) is 7.61. The van der Waals surface area contributed by atoms with Crippen molar-refractivity contribution in [2.45, 2.75) is 13.8 Å². The van der Waals surface area contributed by atoms with E-state index in [4.69, 9.17) is 4.74 Å². The number of ether oxygens (including phenoxy) is 1. The molecule has 156 valence electrons. The molecule has 0 radical (unpaired) electrons. The molecule has 1 aromatic carbocycles. The van der Waals surface area contributed by atoms with Crippen molar-refractivity contribution in [1.29, 1.82) is 0 Å². The van der Waals surface area contributed by atoms with Gasteiger partial charge in [0.1, 0.15) is 23.2 Å². The Morgan fingerprint density at radius 2 is 2.03 bits per heavy atom. The molecule has 4 rings (SSSR count). The summed E-state index contributed by atoms with van der Waals surface area (Å²) in [5.74, 6) is 0.686. The van der Waals surface area contributed by atoms with Crippen molar-refractivity contribution < 1.29 is 9.53 Å². The molecule has 10 nitrogen and oxygen atoms in total. The van der Waals surface area contributed by atoms with Gasteiger partial charge in [0, 0.05) is 17.3 Å². The molecule has 0 atom stereocenters. The van der Waals surface area contributed by atoms with Gasteiger partial charge in [-0.05, 0) is 37.1 Å². The first-order valence-corrected chi connectivity index (χ1v) is 9.36. The first-order chi connectivity index (χ1) is 14.9. The van der Waals surface area contributed by atoms with E-state index in [0.29, 0.717) is 39.6 Å². The van der Waals surface area contributed by atoms with Crippen molar-refractivity contribution in [2.75, 3.05) is 17.7 Å². The van der Waals surface area contributed by atoms with Crippen molar-refractivity contribution in [3.8, 4) is 6.01 Å². The van der Waals surface area contributed by atoms with E-state index in [1.165, 1.54) is 13.4 Å². The number of hydrogen-bond acceptors (Lipinski definition) is 8. The number of fused-ring (bicyclic) bond motifs is 1. The minimum absolute atomic E-state index is 0.212. The van der Waals surface area contributed by atoms with Gasteiger partial charge in [0.25, 0.3) is 5.91 Å². The lowest BCUT2D eigenvalue weighted by Gasteiger charge is -2.12. The molecule has 0 unspecified atom stereocenters. The maximum absolute atomic E-state index is 12.7. The summed E-state index contributed by atoms with van der Waals surface area (Å²) >= 11 is 0. The first-order valence-electron chi connectivity index (χ1n) is 9.36. The van der Waals surface area contributed by atoms with E-state index in [2.05, 4.69) is 47.3 Å². The van der Waals surface area contributed by atoms with Gasteiger partial charge in [0.2, 0.25) is 0 Å². The lowest BCUT2D eigenvalue weighted by molar-refractivity contribution is 0.102. The maximum Gasteiger partial charge on any atom is 0.316 e. The van der Waals surface area contributed by atoms with Gasteiger partial charge in [-0.15, -0.1) is 0 Å². The summed E-state index contributed by atoms with van der Waals surface area (Å²) in [4.78, 5) is 29.6. The Morgan fingerprint density at radius 1 is 1.19 bits per heavy atom. The number of aromatic nitrogens is 6. The third-order valence-corrected chi connectivity index (χ3v) is 4.55. The van der Waals surface area contributed by atoms with Crippen LogP contribution >= 0.6 is 0 Å². The number of nitrogens with one attached hydrogen (secondary N) is 3. The minimum Gasteiger partial charge on any atom is -0.467 e. The molecule has 0 spiro atoms. The van der Waals surface area contributed by atoms with Gasteiger partial charge in [0.15, 0.2) is 5.82 Å². The van der Waals surface area contributed by atoms with Crippen LogP contribution in [0.1, 0.15) is 28.5 Å². The smallest absolute Gasteiger partial charge is 0.316 e. The number of allylic oxidation sites excluding steroid dienone is 1. The molecule has 1 amide bonds. The molecule has 3 N–H and O–H groups in total. The van der Waals surface area contributed by atoms with Crippen LogP contribution in [0.15, 0.2) is 43.4 Å². The number of nitrogens with zero attached hydrogens (tertiary/aromatic N) is 5. The molecule has 0 saturated carbocycles. The topological polar surface area (TPSA) is 131 Å². The average molecular weight is 416 g/mol. The summed E-state index contributed by atoms with van der Waals surface area (Å²) < 4.78 is 5.10. The summed E-state index contributed by atoms with van der Waals surface area (Å²) in [6.07, 6.45) is 2.98. The zero-order valence-electron chi connectivity index (χ0n) is 17.2. The van der Waals surface area contributed by atoms with E-state index < -0.39 is 0 Å². The quantitative estimate of drug-likeness (QED) is 0.435. The standard InChI is InChI=1S/C21H20N8O2/c1-11(2)14-8-17(29-28-14)26-20(30)13-6-5-12(3)15(7-13)25-19-18-16(23-10-24-19)9-22-21(27-18)31-4/h5-10H,1H2,2-4H3,(H,23,24,25)(H2,26,28,29,30). The van der Waals surface area contributed by atoms with Gasteiger partial charge in [-0.3, -0.25) is 9.89 Å². The Morgan fingerprint density at radius 3 is 2.77 bits per heavy atom.